The summed E-state index contributed by atoms with van der Waals surface area (Å²) in [5.41, 5.74) is 0.536. The molecule has 0 bridgehead atoms. The summed E-state index contributed by atoms with van der Waals surface area (Å²) in [6.07, 6.45) is -2.57. The molecule has 1 aromatic heterocycles. The molecular formula is C21H22ClF3N4O2. The fourth-order valence-electron chi connectivity index (χ4n) is 3.36. The number of carbonyl (C=O) groups is 2. The van der Waals surface area contributed by atoms with Crippen LogP contribution in [0.15, 0.2) is 36.5 Å². The highest BCUT2D eigenvalue weighted by Gasteiger charge is 2.31. The minimum atomic E-state index is -4.42. The van der Waals surface area contributed by atoms with Gasteiger partial charge in [-0.2, -0.15) is 13.2 Å². The van der Waals surface area contributed by atoms with Gasteiger partial charge in [-0.1, -0.05) is 17.7 Å². The lowest BCUT2D eigenvalue weighted by molar-refractivity contribution is -0.137. The number of halogens is 4. The molecule has 31 heavy (non-hydrogen) atoms. The molecule has 2 N–H and O–H groups in total. The Labute approximate surface area is 182 Å². The molecule has 10 heteroatoms. The molecule has 0 atom stereocenters. The van der Waals surface area contributed by atoms with Crippen molar-refractivity contribution in [2.24, 2.45) is 5.92 Å². The predicted molar refractivity (Wildman–Crippen MR) is 112 cm³/mol. The highest BCUT2D eigenvalue weighted by atomic mass is 35.5. The van der Waals surface area contributed by atoms with Gasteiger partial charge in [-0.25, -0.2) is 4.98 Å². The summed E-state index contributed by atoms with van der Waals surface area (Å²) in [4.78, 5) is 30.3. The summed E-state index contributed by atoms with van der Waals surface area (Å²) >= 11 is 6.03. The second-order valence-corrected chi connectivity index (χ2v) is 7.75. The molecule has 3 rings (SSSR count). The van der Waals surface area contributed by atoms with E-state index in [0.29, 0.717) is 42.5 Å². The fourth-order valence-corrected chi connectivity index (χ4v) is 3.54. The van der Waals surface area contributed by atoms with E-state index in [4.69, 9.17) is 11.6 Å². The first-order valence-electron chi connectivity index (χ1n) is 9.76. The summed E-state index contributed by atoms with van der Waals surface area (Å²) in [7, 11) is 0. The summed E-state index contributed by atoms with van der Waals surface area (Å²) in [6.45, 7) is 2.61. The van der Waals surface area contributed by atoms with Gasteiger partial charge in [0.1, 0.15) is 5.82 Å². The first-order chi connectivity index (χ1) is 14.6. The zero-order chi connectivity index (χ0) is 22.6. The third-order valence-electron chi connectivity index (χ3n) is 5.23. The lowest BCUT2D eigenvalue weighted by Gasteiger charge is -2.32. The zero-order valence-electron chi connectivity index (χ0n) is 16.8. The molecule has 1 aliphatic rings. The van der Waals surface area contributed by atoms with Crippen LogP contribution in [0.2, 0.25) is 5.02 Å². The van der Waals surface area contributed by atoms with Crippen LogP contribution in [-0.4, -0.2) is 36.4 Å². The molecule has 2 amide bonds. The molecule has 0 aliphatic carbocycles. The van der Waals surface area contributed by atoms with E-state index in [0.717, 1.165) is 17.8 Å². The normalized spacial score (nSPS) is 14.9. The maximum absolute atomic E-state index is 12.7. The van der Waals surface area contributed by atoms with Gasteiger partial charge in [-0.15, -0.1) is 0 Å². The number of alkyl halides is 3. The molecule has 6 nitrogen and oxygen atoms in total. The monoisotopic (exact) mass is 454 g/mol. The molecule has 0 radical (unpaired) electrons. The van der Waals surface area contributed by atoms with Gasteiger partial charge in [-0.05, 0) is 49.6 Å². The molecule has 166 valence electrons. The van der Waals surface area contributed by atoms with Crippen LogP contribution in [-0.2, 0) is 15.8 Å². The summed E-state index contributed by atoms with van der Waals surface area (Å²) < 4.78 is 38.0. The van der Waals surface area contributed by atoms with Gasteiger partial charge in [-0.3, -0.25) is 9.59 Å². The number of hydrogen-bond donors (Lipinski definition) is 2. The summed E-state index contributed by atoms with van der Waals surface area (Å²) in [5, 5.41) is 5.90. The Morgan fingerprint density at radius 1 is 1.19 bits per heavy atom. The van der Waals surface area contributed by atoms with Gasteiger partial charge in [0.2, 0.25) is 11.8 Å². The Kier molecular flexibility index (Phi) is 7.04. The fraction of sp³-hybridized carbons (Fsp3) is 0.381. The number of rotatable bonds is 5. The van der Waals surface area contributed by atoms with Gasteiger partial charge in [0, 0.05) is 35.9 Å². The number of carbonyl (C=O) groups excluding carboxylic acids is 2. The number of benzene rings is 1. The van der Waals surface area contributed by atoms with E-state index in [1.165, 1.54) is 6.07 Å². The smallest absolute Gasteiger partial charge is 0.357 e. The van der Waals surface area contributed by atoms with Gasteiger partial charge >= 0.3 is 6.18 Å². The van der Waals surface area contributed by atoms with Crippen molar-refractivity contribution in [2.75, 3.05) is 29.9 Å². The van der Waals surface area contributed by atoms with E-state index in [-0.39, 0.29) is 24.3 Å². The third kappa shape index (κ3) is 5.88. The van der Waals surface area contributed by atoms with Crippen LogP contribution >= 0.6 is 11.6 Å². The average molecular weight is 455 g/mol. The number of piperidine rings is 1. The highest BCUT2D eigenvalue weighted by molar-refractivity contribution is 6.31. The highest BCUT2D eigenvalue weighted by Crippen LogP contribution is 2.30. The second-order valence-electron chi connectivity index (χ2n) is 7.34. The van der Waals surface area contributed by atoms with E-state index in [1.807, 2.05) is 4.90 Å². The maximum atomic E-state index is 12.7. The third-order valence-corrected chi connectivity index (χ3v) is 5.64. The van der Waals surface area contributed by atoms with Crippen LogP contribution < -0.4 is 15.5 Å². The minimum absolute atomic E-state index is 0.161. The molecule has 0 saturated carbocycles. The van der Waals surface area contributed by atoms with Crippen molar-refractivity contribution in [3.05, 3.63) is 52.7 Å². The number of hydrogen-bond acceptors (Lipinski definition) is 4. The molecule has 2 aromatic rings. The van der Waals surface area contributed by atoms with Crippen LogP contribution in [0.4, 0.5) is 24.7 Å². The van der Waals surface area contributed by atoms with E-state index in [9.17, 15) is 22.8 Å². The quantitative estimate of drug-likeness (QED) is 0.715. The largest absolute Gasteiger partial charge is 0.417 e. The summed E-state index contributed by atoms with van der Waals surface area (Å²) in [5.74, 6) is -0.405. The molecule has 1 fully saturated rings. The van der Waals surface area contributed by atoms with Gasteiger partial charge < -0.3 is 15.5 Å². The van der Waals surface area contributed by atoms with E-state index < -0.39 is 11.7 Å². The molecule has 1 saturated heterocycles. The van der Waals surface area contributed by atoms with Gasteiger partial charge in [0.25, 0.3) is 0 Å². The number of amides is 2. The Bertz CT molecular complexity index is 943. The molecule has 2 heterocycles. The summed E-state index contributed by atoms with van der Waals surface area (Å²) in [6, 6.07) is 7.52. The maximum Gasteiger partial charge on any atom is 0.417 e. The van der Waals surface area contributed by atoms with Crippen LogP contribution in [0.25, 0.3) is 0 Å². The number of anilines is 2. The van der Waals surface area contributed by atoms with E-state index >= 15 is 0 Å². The average Bonchev–Trinajstić information content (AvgIpc) is 2.75. The van der Waals surface area contributed by atoms with Crippen molar-refractivity contribution in [3.63, 3.8) is 0 Å². The van der Waals surface area contributed by atoms with Crippen molar-refractivity contribution < 1.29 is 22.8 Å². The number of aromatic nitrogens is 1. The van der Waals surface area contributed by atoms with Gasteiger partial charge in [0.05, 0.1) is 12.1 Å². The Morgan fingerprint density at radius 2 is 1.90 bits per heavy atom. The van der Waals surface area contributed by atoms with Crippen LogP contribution in [0, 0.1) is 12.8 Å². The Balaban J connectivity index is 1.46. The SMILES string of the molecule is Cc1c(Cl)cccc1NC(=O)CNC(=O)C1CCN(c2ccc(C(F)(F)F)cn2)CC1. The standard InChI is InChI=1S/C21H22ClF3N4O2/c1-13-16(22)3-2-4-17(13)28-19(30)12-27-20(31)14-7-9-29(10-8-14)18-6-5-15(11-26-18)21(23,24)25/h2-6,11,14H,7-10,12H2,1H3,(H,27,31)(H,28,30). The lowest BCUT2D eigenvalue weighted by atomic mass is 9.96. The lowest BCUT2D eigenvalue weighted by Crippen LogP contribution is -2.42. The van der Waals surface area contributed by atoms with Gasteiger partial charge in [0.15, 0.2) is 0 Å². The van der Waals surface area contributed by atoms with Crippen LogP contribution in [0.1, 0.15) is 24.0 Å². The predicted octanol–water partition coefficient (Wildman–Crippen LogP) is 4.03. The molecule has 0 unspecified atom stereocenters. The Morgan fingerprint density at radius 3 is 2.52 bits per heavy atom. The topological polar surface area (TPSA) is 74.3 Å². The first kappa shape index (κ1) is 22.9. The van der Waals surface area contributed by atoms with Crippen molar-refractivity contribution in [1.82, 2.24) is 10.3 Å². The molecule has 1 aliphatic heterocycles. The Hall–Kier alpha value is -2.81. The van der Waals surface area contributed by atoms with Crippen LogP contribution in [0.3, 0.4) is 0 Å². The van der Waals surface area contributed by atoms with E-state index in [1.54, 1.807) is 25.1 Å². The number of nitrogens with one attached hydrogen (secondary N) is 2. The zero-order valence-corrected chi connectivity index (χ0v) is 17.6. The molecular weight excluding hydrogens is 433 g/mol. The van der Waals surface area contributed by atoms with E-state index in [2.05, 4.69) is 15.6 Å². The second kappa shape index (κ2) is 9.55. The minimum Gasteiger partial charge on any atom is -0.357 e. The van der Waals surface area contributed by atoms with Crippen molar-refractivity contribution in [1.29, 1.82) is 0 Å². The van der Waals surface area contributed by atoms with Crippen molar-refractivity contribution >= 4 is 34.9 Å². The number of nitrogens with zero attached hydrogens (tertiary/aromatic N) is 2. The van der Waals surface area contributed by atoms with Crippen molar-refractivity contribution in [3.8, 4) is 0 Å². The molecule has 0 spiro atoms. The molecule has 1 aromatic carbocycles. The number of pyridine rings is 1. The van der Waals surface area contributed by atoms with Crippen LogP contribution in [0.5, 0.6) is 0 Å². The van der Waals surface area contributed by atoms with Crippen molar-refractivity contribution in [2.45, 2.75) is 25.9 Å². The first-order valence-corrected chi connectivity index (χ1v) is 10.1.